The number of aryl methyl sites for hydroxylation is 1. The van der Waals surface area contributed by atoms with Gasteiger partial charge in [0.25, 0.3) is 0 Å². The van der Waals surface area contributed by atoms with E-state index >= 15 is 0 Å². The van der Waals surface area contributed by atoms with Gasteiger partial charge in [0, 0.05) is 26.2 Å². The summed E-state index contributed by atoms with van der Waals surface area (Å²) in [6, 6.07) is 7.09. The molecule has 0 unspecified atom stereocenters. The number of hydrogen-bond donors (Lipinski definition) is 0. The molecule has 0 atom stereocenters. The maximum atomic E-state index is 12.5. The van der Waals surface area contributed by atoms with Crippen molar-refractivity contribution in [2.75, 3.05) is 32.7 Å². The molecule has 0 bridgehead atoms. The predicted molar refractivity (Wildman–Crippen MR) is 76.7 cm³/mol. The van der Waals surface area contributed by atoms with Gasteiger partial charge in [0.15, 0.2) is 0 Å². The van der Waals surface area contributed by atoms with Crippen molar-refractivity contribution in [2.24, 2.45) is 0 Å². The number of nitrogens with zero attached hydrogens (tertiary/aromatic N) is 2. The molecular formula is C14H22N2O2S. The summed E-state index contributed by atoms with van der Waals surface area (Å²) in [5.74, 6) is 0. The minimum Gasteiger partial charge on any atom is -0.301 e. The first-order chi connectivity index (χ1) is 9.04. The summed E-state index contributed by atoms with van der Waals surface area (Å²) in [6.45, 7) is 8.01. The van der Waals surface area contributed by atoms with Gasteiger partial charge in [0.1, 0.15) is 0 Å². The van der Waals surface area contributed by atoms with Gasteiger partial charge in [0.2, 0.25) is 10.0 Å². The summed E-state index contributed by atoms with van der Waals surface area (Å²) < 4.78 is 26.5. The van der Waals surface area contributed by atoms with Crippen molar-refractivity contribution in [3.63, 3.8) is 0 Å². The van der Waals surface area contributed by atoms with E-state index < -0.39 is 10.0 Å². The SMILES string of the molecule is CCCN1CCN(S(=O)(=O)c2ccc(C)cc2)CC1. The van der Waals surface area contributed by atoms with Crippen LogP contribution in [0.5, 0.6) is 0 Å². The highest BCUT2D eigenvalue weighted by Crippen LogP contribution is 2.18. The summed E-state index contributed by atoms with van der Waals surface area (Å²) in [7, 11) is -3.31. The molecule has 5 heteroatoms. The normalized spacial score (nSPS) is 18.6. The Hall–Kier alpha value is -0.910. The molecule has 1 aliphatic heterocycles. The summed E-state index contributed by atoms with van der Waals surface area (Å²) in [6.07, 6.45) is 1.12. The third-order valence-corrected chi connectivity index (χ3v) is 5.44. The molecule has 0 aliphatic carbocycles. The highest BCUT2D eigenvalue weighted by atomic mass is 32.2. The third-order valence-electron chi connectivity index (χ3n) is 3.53. The number of rotatable bonds is 4. The maximum Gasteiger partial charge on any atom is 0.243 e. The molecule has 0 radical (unpaired) electrons. The monoisotopic (exact) mass is 282 g/mol. The summed E-state index contributed by atoms with van der Waals surface area (Å²) in [4.78, 5) is 2.73. The van der Waals surface area contributed by atoms with Gasteiger partial charge in [-0.15, -0.1) is 0 Å². The smallest absolute Gasteiger partial charge is 0.243 e. The standard InChI is InChI=1S/C14H22N2O2S/c1-3-8-15-9-11-16(12-10-15)19(17,18)14-6-4-13(2)5-7-14/h4-7H,3,8-12H2,1-2H3. The Morgan fingerprint density at radius 1 is 1.05 bits per heavy atom. The topological polar surface area (TPSA) is 40.6 Å². The van der Waals surface area contributed by atoms with Crippen LogP contribution in [-0.4, -0.2) is 50.3 Å². The lowest BCUT2D eigenvalue weighted by molar-refractivity contribution is 0.188. The number of benzene rings is 1. The molecule has 4 nitrogen and oxygen atoms in total. The maximum absolute atomic E-state index is 12.5. The first-order valence-corrected chi connectivity index (χ1v) is 8.27. The van der Waals surface area contributed by atoms with Crippen LogP contribution in [-0.2, 0) is 10.0 Å². The Bertz CT molecular complexity index is 503. The Morgan fingerprint density at radius 3 is 2.16 bits per heavy atom. The van der Waals surface area contributed by atoms with Gasteiger partial charge in [0.05, 0.1) is 4.90 Å². The zero-order valence-electron chi connectivity index (χ0n) is 11.7. The van der Waals surface area contributed by atoms with E-state index in [1.54, 1.807) is 16.4 Å². The molecule has 0 saturated carbocycles. The van der Waals surface area contributed by atoms with Gasteiger partial charge < -0.3 is 4.90 Å². The van der Waals surface area contributed by atoms with Crippen molar-refractivity contribution >= 4 is 10.0 Å². The van der Waals surface area contributed by atoms with Gasteiger partial charge in [-0.1, -0.05) is 24.6 Å². The molecule has 106 valence electrons. The molecule has 0 amide bonds. The lowest BCUT2D eigenvalue weighted by Gasteiger charge is -2.33. The Morgan fingerprint density at radius 2 is 1.63 bits per heavy atom. The fourth-order valence-corrected chi connectivity index (χ4v) is 3.79. The molecule has 1 heterocycles. The van der Waals surface area contributed by atoms with Crippen molar-refractivity contribution in [1.29, 1.82) is 0 Å². The van der Waals surface area contributed by atoms with Gasteiger partial charge in [-0.2, -0.15) is 4.31 Å². The molecule has 1 aromatic rings. The van der Waals surface area contributed by atoms with Crippen LogP contribution in [0.15, 0.2) is 29.2 Å². The summed E-state index contributed by atoms with van der Waals surface area (Å²) in [5, 5.41) is 0. The van der Waals surface area contributed by atoms with Crippen molar-refractivity contribution < 1.29 is 8.42 Å². The summed E-state index contributed by atoms with van der Waals surface area (Å²) in [5.41, 5.74) is 1.08. The molecule has 2 rings (SSSR count). The third kappa shape index (κ3) is 3.35. The predicted octanol–water partition coefficient (Wildman–Crippen LogP) is 1.71. The zero-order valence-corrected chi connectivity index (χ0v) is 12.5. The highest BCUT2D eigenvalue weighted by Gasteiger charge is 2.27. The first-order valence-electron chi connectivity index (χ1n) is 6.83. The van der Waals surface area contributed by atoms with E-state index in [2.05, 4.69) is 11.8 Å². The molecule has 19 heavy (non-hydrogen) atoms. The Balaban J connectivity index is 2.07. The van der Waals surface area contributed by atoms with Crippen molar-refractivity contribution in [3.8, 4) is 0 Å². The first kappa shape index (κ1) is 14.5. The van der Waals surface area contributed by atoms with Crippen LogP contribution in [0.3, 0.4) is 0 Å². The Kier molecular flexibility index (Phi) is 4.60. The fourth-order valence-electron chi connectivity index (χ4n) is 2.37. The fraction of sp³-hybridized carbons (Fsp3) is 0.571. The van der Waals surface area contributed by atoms with Crippen LogP contribution in [0, 0.1) is 6.92 Å². The quantitative estimate of drug-likeness (QED) is 0.844. The lowest BCUT2D eigenvalue weighted by atomic mass is 10.2. The van der Waals surface area contributed by atoms with E-state index in [1.807, 2.05) is 19.1 Å². The second kappa shape index (κ2) is 6.03. The van der Waals surface area contributed by atoms with Crippen LogP contribution >= 0.6 is 0 Å². The van der Waals surface area contributed by atoms with Gasteiger partial charge in [-0.25, -0.2) is 8.42 Å². The van der Waals surface area contributed by atoms with Crippen LogP contribution in [0.25, 0.3) is 0 Å². The van der Waals surface area contributed by atoms with E-state index in [4.69, 9.17) is 0 Å². The molecule has 1 saturated heterocycles. The van der Waals surface area contributed by atoms with Crippen LogP contribution in [0.1, 0.15) is 18.9 Å². The second-order valence-corrected chi connectivity index (χ2v) is 7.00. The lowest BCUT2D eigenvalue weighted by Crippen LogP contribution is -2.48. The van der Waals surface area contributed by atoms with E-state index in [0.29, 0.717) is 18.0 Å². The minimum absolute atomic E-state index is 0.405. The largest absolute Gasteiger partial charge is 0.301 e. The molecule has 1 aliphatic rings. The molecule has 0 spiro atoms. The molecule has 1 aromatic carbocycles. The zero-order chi connectivity index (χ0) is 13.9. The van der Waals surface area contributed by atoms with Gasteiger partial charge in [-0.05, 0) is 32.0 Å². The minimum atomic E-state index is -3.31. The Labute approximate surface area is 116 Å². The number of sulfonamides is 1. The van der Waals surface area contributed by atoms with Crippen LogP contribution < -0.4 is 0 Å². The van der Waals surface area contributed by atoms with Crippen LogP contribution in [0.4, 0.5) is 0 Å². The average molecular weight is 282 g/mol. The van der Waals surface area contributed by atoms with Gasteiger partial charge >= 0.3 is 0 Å². The van der Waals surface area contributed by atoms with Gasteiger partial charge in [-0.3, -0.25) is 0 Å². The highest BCUT2D eigenvalue weighted by molar-refractivity contribution is 7.89. The van der Waals surface area contributed by atoms with E-state index in [9.17, 15) is 8.42 Å². The van der Waals surface area contributed by atoms with E-state index in [1.165, 1.54) is 0 Å². The summed E-state index contributed by atoms with van der Waals surface area (Å²) >= 11 is 0. The number of hydrogen-bond acceptors (Lipinski definition) is 3. The van der Waals surface area contributed by atoms with E-state index in [0.717, 1.165) is 31.6 Å². The second-order valence-electron chi connectivity index (χ2n) is 5.06. The average Bonchev–Trinajstić information content (AvgIpc) is 2.40. The van der Waals surface area contributed by atoms with Crippen LogP contribution in [0.2, 0.25) is 0 Å². The van der Waals surface area contributed by atoms with Crippen molar-refractivity contribution in [2.45, 2.75) is 25.2 Å². The molecule has 1 fully saturated rings. The van der Waals surface area contributed by atoms with Crippen molar-refractivity contribution in [3.05, 3.63) is 29.8 Å². The molecule has 0 aromatic heterocycles. The molecule has 0 N–H and O–H groups in total. The van der Waals surface area contributed by atoms with E-state index in [-0.39, 0.29) is 0 Å². The number of piperazine rings is 1. The molecular weight excluding hydrogens is 260 g/mol. The van der Waals surface area contributed by atoms with Crippen molar-refractivity contribution in [1.82, 2.24) is 9.21 Å².